The molecule has 0 radical (unpaired) electrons. The topological polar surface area (TPSA) is 32.3 Å². The molecule has 0 aromatic rings. The highest BCUT2D eigenvalue weighted by Crippen LogP contribution is 2.33. The van der Waals surface area contributed by atoms with Gasteiger partial charge in [-0.15, -0.1) is 0 Å². The Labute approximate surface area is 107 Å². The lowest BCUT2D eigenvalue weighted by molar-refractivity contribution is -0.0456. The van der Waals surface area contributed by atoms with Gasteiger partial charge in [0.05, 0.1) is 5.60 Å². The van der Waals surface area contributed by atoms with Crippen LogP contribution in [0.1, 0.15) is 60.3 Å². The van der Waals surface area contributed by atoms with Crippen molar-refractivity contribution in [2.45, 2.75) is 71.9 Å². The molecule has 1 aliphatic rings. The summed E-state index contributed by atoms with van der Waals surface area (Å²) in [5.74, 6) is 1.85. The lowest BCUT2D eigenvalue weighted by atomic mass is 9.75. The second kappa shape index (κ2) is 6.19. The van der Waals surface area contributed by atoms with Crippen molar-refractivity contribution in [3.63, 3.8) is 0 Å². The molecule has 0 aromatic heterocycles. The van der Waals surface area contributed by atoms with E-state index in [1.54, 1.807) is 0 Å². The highest BCUT2D eigenvalue weighted by Gasteiger charge is 2.39. The van der Waals surface area contributed by atoms with Gasteiger partial charge in [-0.3, -0.25) is 0 Å². The SMILES string of the molecule is CC(C)CC(O)(CC(C)C)C1CC(C)CCN1. The molecule has 2 N–H and O–H groups in total. The van der Waals surface area contributed by atoms with Crippen LogP contribution in [0, 0.1) is 17.8 Å². The molecule has 0 aliphatic carbocycles. The summed E-state index contributed by atoms with van der Waals surface area (Å²) in [6.45, 7) is 12.2. The first-order valence-electron chi connectivity index (χ1n) is 7.29. The first-order chi connectivity index (χ1) is 7.83. The fraction of sp³-hybridized carbons (Fsp3) is 1.00. The summed E-state index contributed by atoms with van der Waals surface area (Å²) < 4.78 is 0. The molecule has 1 aliphatic heterocycles. The van der Waals surface area contributed by atoms with E-state index < -0.39 is 5.60 Å². The number of hydrogen-bond donors (Lipinski definition) is 2. The first kappa shape index (κ1) is 15.0. The molecule has 0 spiro atoms. The lowest BCUT2D eigenvalue weighted by Gasteiger charge is -2.43. The Morgan fingerprint density at radius 1 is 1.18 bits per heavy atom. The van der Waals surface area contributed by atoms with Crippen LogP contribution in [-0.2, 0) is 0 Å². The van der Waals surface area contributed by atoms with Crippen LogP contribution in [0.2, 0.25) is 0 Å². The maximum absolute atomic E-state index is 11.0. The van der Waals surface area contributed by atoms with Crippen molar-refractivity contribution in [2.75, 3.05) is 6.54 Å². The number of piperidine rings is 1. The maximum atomic E-state index is 11.0. The van der Waals surface area contributed by atoms with Crippen molar-refractivity contribution in [3.8, 4) is 0 Å². The Morgan fingerprint density at radius 3 is 2.12 bits per heavy atom. The highest BCUT2D eigenvalue weighted by molar-refractivity contribution is 4.95. The van der Waals surface area contributed by atoms with Gasteiger partial charge >= 0.3 is 0 Å². The number of aliphatic hydroxyl groups is 1. The fourth-order valence-electron chi connectivity index (χ4n) is 3.30. The van der Waals surface area contributed by atoms with Crippen molar-refractivity contribution in [2.24, 2.45) is 17.8 Å². The molecule has 2 nitrogen and oxygen atoms in total. The van der Waals surface area contributed by atoms with Gasteiger partial charge in [-0.2, -0.15) is 0 Å². The predicted octanol–water partition coefficient (Wildman–Crippen LogP) is 3.20. The van der Waals surface area contributed by atoms with Crippen LogP contribution in [0.4, 0.5) is 0 Å². The molecular weight excluding hydrogens is 210 g/mol. The molecule has 0 aromatic carbocycles. The molecule has 2 atom stereocenters. The Bertz CT molecular complexity index is 215. The molecule has 1 fully saturated rings. The monoisotopic (exact) mass is 241 g/mol. The third kappa shape index (κ3) is 4.59. The average molecular weight is 241 g/mol. The summed E-state index contributed by atoms with van der Waals surface area (Å²) in [5.41, 5.74) is -0.517. The second-order valence-electron chi connectivity index (χ2n) is 6.94. The van der Waals surface area contributed by atoms with Crippen LogP contribution in [0.5, 0.6) is 0 Å². The Kier molecular flexibility index (Phi) is 5.46. The smallest absolute Gasteiger partial charge is 0.0805 e. The van der Waals surface area contributed by atoms with Crippen molar-refractivity contribution in [3.05, 3.63) is 0 Å². The molecule has 0 bridgehead atoms. The average Bonchev–Trinajstić information content (AvgIpc) is 2.14. The fourth-order valence-corrected chi connectivity index (χ4v) is 3.30. The van der Waals surface area contributed by atoms with Crippen molar-refractivity contribution in [1.82, 2.24) is 5.32 Å². The minimum atomic E-state index is -0.517. The van der Waals surface area contributed by atoms with Gasteiger partial charge in [-0.1, -0.05) is 34.6 Å². The zero-order chi connectivity index (χ0) is 13.1. The highest BCUT2D eigenvalue weighted by atomic mass is 16.3. The zero-order valence-electron chi connectivity index (χ0n) is 12.3. The molecule has 2 unspecified atom stereocenters. The van der Waals surface area contributed by atoms with Gasteiger partial charge in [0.15, 0.2) is 0 Å². The summed E-state index contributed by atoms with van der Waals surface area (Å²) in [6.07, 6.45) is 4.19. The van der Waals surface area contributed by atoms with Gasteiger partial charge in [0, 0.05) is 6.04 Å². The van der Waals surface area contributed by atoms with E-state index in [2.05, 4.69) is 39.9 Å². The molecule has 1 heterocycles. The lowest BCUT2D eigenvalue weighted by Crippen LogP contribution is -2.55. The van der Waals surface area contributed by atoms with Crippen LogP contribution in [-0.4, -0.2) is 23.3 Å². The second-order valence-corrected chi connectivity index (χ2v) is 6.94. The maximum Gasteiger partial charge on any atom is 0.0805 e. The minimum Gasteiger partial charge on any atom is -0.388 e. The normalized spacial score (nSPS) is 26.8. The summed E-state index contributed by atoms with van der Waals surface area (Å²) in [7, 11) is 0. The van der Waals surface area contributed by atoms with E-state index in [1.165, 1.54) is 6.42 Å². The molecule has 17 heavy (non-hydrogen) atoms. The Balaban J connectivity index is 2.73. The van der Waals surface area contributed by atoms with E-state index in [-0.39, 0.29) is 6.04 Å². The number of hydrogen-bond acceptors (Lipinski definition) is 2. The van der Waals surface area contributed by atoms with E-state index in [9.17, 15) is 5.11 Å². The Morgan fingerprint density at radius 2 is 1.71 bits per heavy atom. The molecule has 1 rings (SSSR count). The summed E-state index contributed by atoms with van der Waals surface area (Å²) in [5, 5.41) is 14.6. The van der Waals surface area contributed by atoms with Crippen LogP contribution in [0.15, 0.2) is 0 Å². The predicted molar refractivity (Wildman–Crippen MR) is 74.0 cm³/mol. The van der Waals surface area contributed by atoms with Gasteiger partial charge < -0.3 is 10.4 Å². The molecule has 2 heteroatoms. The largest absolute Gasteiger partial charge is 0.388 e. The van der Waals surface area contributed by atoms with Crippen LogP contribution < -0.4 is 5.32 Å². The summed E-state index contributed by atoms with van der Waals surface area (Å²) >= 11 is 0. The standard InChI is InChI=1S/C15H31NO/c1-11(2)9-15(17,10-12(3)4)14-8-13(5)6-7-16-14/h11-14,16-17H,6-10H2,1-5H3. The van der Waals surface area contributed by atoms with E-state index >= 15 is 0 Å². The van der Waals surface area contributed by atoms with E-state index in [0.717, 1.165) is 31.7 Å². The Hall–Kier alpha value is -0.0800. The van der Waals surface area contributed by atoms with Crippen LogP contribution >= 0.6 is 0 Å². The van der Waals surface area contributed by atoms with Gasteiger partial charge in [0.2, 0.25) is 0 Å². The van der Waals surface area contributed by atoms with Crippen LogP contribution in [0.3, 0.4) is 0 Å². The van der Waals surface area contributed by atoms with Gasteiger partial charge in [0.25, 0.3) is 0 Å². The third-order valence-corrected chi connectivity index (χ3v) is 3.84. The number of nitrogens with one attached hydrogen (secondary N) is 1. The van der Waals surface area contributed by atoms with Crippen LogP contribution in [0.25, 0.3) is 0 Å². The first-order valence-corrected chi connectivity index (χ1v) is 7.29. The molecule has 1 saturated heterocycles. The molecule has 102 valence electrons. The molecular formula is C15H31NO. The van der Waals surface area contributed by atoms with Crippen molar-refractivity contribution in [1.29, 1.82) is 0 Å². The van der Waals surface area contributed by atoms with Gasteiger partial charge in [-0.25, -0.2) is 0 Å². The van der Waals surface area contributed by atoms with E-state index in [0.29, 0.717) is 11.8 Å². The van der Waals surface area contributed by atoms with E-state index in [4.69, 9.17) is 0 Å². The van der Waals surface area contributed by atoms with Gasteiger partial charge in [0.1, 0.15) is 0 Å². The minimum absolute atomic E-state index is 0.288. The molecule has 0 saturated carbocycles. The summed E-state index contributed by atoms with van der Waals surface area (Å²) in [6, 6.07) is 0.288. The van der Waals surface area contributed by atoms with Crippen molar-refractivity contribution >= 4 is 0 Å². The summed E-state index contributed by atoms with van der Waals surface area (Å²) in [4.78, 5) is 0. The number of rotatable bonds is 5. The third-order valence-electron chi connectivity index (χ3n) is 3.84. The quantitative estimate of drug-likeness (QED) is 0.775. The van der Waals surface area contributed by atoms with Gasteiger partial charge in [-0.05, 0) is 50.0 Å². The molecule has 0 amide bonds. The van der Waals surface area contributed by atoms with Crippen molar-refractivity contribution < 1.29 is 5.11 Å². The van der Waals surface area contributed by atoms with E-state index in [1.807, 2.05) is 0 Å². The zero-order valence-corrected chi connectivity index (χ0v) is 12.3.